The molecule has 1 aromatic heterocycles. The molecule has 4 heteroatoms. The summed E-state index contributed by atoms with van der Waals surface area (Å²) in [7, 11) is 0. The summed E-state index contributed by atoms with van der Waals surface area (Å²) < 4.78 is 7.83. The van der Waals surface area contributed by atoms with Gasteiger partial charge in [-0.15, -0.1) is 0 Å². The largest absolute Gasteiger partial charge is 0.384 e. The average molecular weight is 245 g/mol. The van der Waals surface area contributed by atoms with E-state index in [1.165, 1.54) is 24.1 Å². The highest BCUT2D eigenvalue weighted by atomic mass is 16.5. The SMILES string of the molecule is N#Cc1c2c(n(C[C@H]3CCCO3)c1N)CCCC2. The number of ether oxygens (including phenoxy) is 1. The normalized spacial score (nSPS) is 22.7. The van der Waals surface area contributed by atoms with E-state index in [0.717, 1.165) is 38.8 Å². The number of rotatable bonds is 2. The molecule has 0 unspecified atom stereocenters. The third-order valence-electron chi connectivity index (χ3n) is 4.14. The van der Waals surface area contributed by atoms with Crippen LogP contribution in [0.2, 0.25) is 0 Å². The maximum absolute atomic E-state index is 9.27. The van der Waals surface area contributed by atoms with Gasteiger partial charge in [-0.1, -0.05) is 0 Å². The zero-order chi connectivity index (χ0) is 12.5. The molecule has 1 atom stereocenters. The van der Waals surface area contributed by atoms with E-state index in [-0.39, 0.29) is 6.10 Å². The maximum atomic E-state index is 9.27. The van der Waals surface area contributed by atoms with Gasteiger partial charge in [-0.05, 0) is 44.1 Å². The monoisotopic (exact) mass is 245 g/mol. The van der Waals surface area contributed by atoms with E-state index in [0.29, 0.717) is 11.4 Å². The van der Waals surface area contributed by atoms with Crippen LogP contribution in [0.25, 0.3) is 0 Å². The molecular weight excluding hydrogens is 226 g/mol. The van der Waals surface area contributed by atoms with Crippen molar-refractivity contribution in [1.82, 2.24) is 4.57 Å². The van der Waals surface area contributed by atoms with Crippen molar-refractivity contribution in [3.8, 4) is 6.07 Å². The van der Waals surface area contributed by atoms with E-state index in [4.69, 9.17) is 10.5 Å². The first-order valence-corrected chi connectivity index (χ1v) is 6.82. The lowest BCUT2D eigenvalue weighted by Gasteiger charge is -2.18. The number of hydrogen-bond acceptors (Lipinski definition) is 3. The van der Waals surface area contributed by atoms with Crippen molar-refractivity contribution in [2.45, 2.75) is 51.2 Å². The van der Waals surface area contributed by atoms with Gasteiger partial charge in [0, 0.05) is 12.3 Å². The molecule has 0 aromatic carbocycles. The third kappa shape index (κ3) is 1.79. The summed E-state index contributed by atoms with van der Waals surface area (Å²) in [6.45, 7) is 1.68. The second kappa shape index (κ2) is 4.66. The van der Waals surface area contributed by atoms with E-state index in [9.17, 15) is 5.26 Å². The van der Waals surface area contributed by atoms with Crippen LogP contribution in [0.1, 0.15) is 42.5 Å². The van der Waals surface area contributed by atoms with E-state index < -0.39 is 0 Å². The lowest BCUT2D eigenvalue weighted by molar-refractivity contribution is 0.0968. The molecular formula is C14H19N3O. The molecule has 1 fully saturated rings. The zero-order valence-corrected chi connectivity index (χ0v) is 10.6. The maximum Gasteiger partial charge on any atom is 0.122 e. The van der Waals surface area contributed by atoms with Crippen molar-refractivity contribution in [1.29, 1.82) is 5.26 Å². The van der Waals surface area contributed by atoms with Crippen molar-refractivity contribution < 1.29 is 4.74 Å². The van der Waals surface area contributed by atoms with Crippen LogP contribution in [0.4, 0.5) is 5.82 Å². The molecule has 0 spiro atoms. The Balaban J connectivity index is 1.97. The minimum Gasteiger partial charge on any atom is -0.384 e. The smallest absolute Gasteiger partial charge is 0.122 e. The molecule has 96 valence electrons. The number of nitrogens with zero attached hydrogens (tertiary/aromatic N) is 2. The number of hydrogen-bond donors (Lipinski definition) is 1. The van der Waals surface area contributed by atoms with Gasteiger partial charge in [0.05, 0.1) is 18.2 Å². The molecule has 0 radical (unpaired) electrons. The Bertz CT molecular complexity index is 492. The van der Waals surface area contributed by atoms with Crippen LogP contribution in [-0.4, -0.2) is 17.3 Å². The number of nitrogens with two attached hydrogens (primary N) is 1. The van der Waals surface area contributed by atoms with Crippen molar-refractivity contribution in [3.05, 3.63) is 16.8 Å². The molecule has 2 N–H and O–H groups in total. The fourth-order valence-electron chi connectivity index (χ4n) is 3.22. The number of aromatic nitrogens is 1. The van der Waals surface area contributed by atoms with E-state index in [1.54, 1.807) is 0 Å². The Morgan fingerprint density at radius 1 is 1.33 bits per heavy atom. The summed E-state index contributed by atoms with van der Waals surface area (Å²) >= 11 is 0. The van der Waals surface area contributed by atoms with Gasteiger partial charge in [0.15, 0.2) is 0 Å². The molecule has 18 heavy (non-hydrogen) atoms. The van der Waals surface area contributed by atoms with Crippen LogP contribution in [0, 0.1) is 11.3 Å². The molecule has 1 saturated heterocycles. The van der Waals surface area contributed by atoms with Crippen molar-refractivity contribution in [2.75, 3.05) is 12.3 Å². The quantitative estimate of drug-likeness (QED) is 0.866. The summed E-state index contributed by atoms with van der Waals surface area (Å²) in [5.41, 5.74) is 9.35. The summed E-state index contributed by atoms with van der Waals surface area (Å²) in [6, 6.07) is 2.28. The van der Waals surface area contributed by atoms with Crippen LogP contribution in [0.15, 0.2) is 0 Å². The number of nitriles is 1. The highest BCUT2D eigenvalue weighted by Gasteiger charge is 2.26. The van der Waals surface area contributed by atoms with Crippen molar-refractivity contribution in [2.24, 2.45) is 0 Å². The van der Waals surface area contributed by atoms with Gasteiger partial charge < -0.3 is 15.0 Å². The molecule has 0 amide bonds. The number of nitrogen functional groups attached to an aromatic ring is 1. The summed E-state index contributed by atoms with van der Waals surface area (Å²) in [5, 5.41) is 9.27. The predicted octanol–water partition coefficient (Wildman–Crippen LogP) is 2.00. The lowest BCUT2D eigenvalue weighted by atomic mass is 9.95. The van der Waals surface area contributed by atoms with Crippen LogP contribution < -0.4 is 5.73 Å². The number of anilines is 1. The van der Waals surface area contributed by atoms with Gasteiger partial charge in [-0.25, -0.2) is 0 Å². The van der Waals surface area contributed by atoms with E-state index >= 15 is 0 Å². The highest BCUT2D eigenvalue weighted by molar-refractivity contribution is 5.59. The van der Waals surface area contributed by atoms with Gasteiger partial charge in [-0.3, -0.25) is 0 Å². The first-order chi connectivity index (χ1) is 8.81. The molecule has 1 aliphatic heterocycles. The minimum atomic E-state index is 0.275. The van der Waals surface area contributed by atoms with Crippen LogP contribution in [0.3, 0.4) is 0 Å². The second-order valence-corrected chi connectivity index (χ2v) is 5.25. The summed E-state index contributed by atoms with van der Waals surface area (Å²) in [5.74, 6) is 0.653. The predicted molar refractivity (Wildman–Crippen MR) is 69.2 cm³/mol. The van der Waals surface area contributed by atoms with E-state index in [2.05, 4.69) is 10.6 Å². The van der Waals surface area contributed by atoms with Gasteiger partial charge in [0.1, 0.15) is 11.9 Å². The Labute approximate surface area is 107 Å². The van der Waals surface area contributed by atoms with Crippen molar-refractivity contribution >= 4 is 5.82 Å². The molecule has 1 aromatic rings. The van der Waals surface area contributed by atoms with E-state index in [1.807, 2.05) is 0 Å². The molecule has 4 nitrogen and oxygen atoms in total. The first kappa shape index (κ1) is 11.6. The Morgan fingerprint density at radius 3 is 2.89 bits per heavy atom. The minimum absolute atomic E-state index is 0.275. The van der Waals surface area contributed by atoms with Gasteiger partial charge in [0.2, 0.25) is 0 Å². The lowest BCUT2D eigenvalue weighted by Crippen LogP contribution is -2.19. The Kier molecular flexibility index (Phi) is 3.00. The third-order valence-corrected chi connectivity index (χ3v) is 4.14. The zero-order valence-electron chi connectivity index (χ0n) is 10.6. The molecule has 0 saturated carbocycles. The van der Waals surface area contributed by atoms with Crippen LogP contribution >= 0.6 is 0 Å². The Hall–Kier alpha value is -1.47. The molecule has 2 aliphatic rings. The standard InChI is InChI=1S/C14H19N3O/c15-8-12-11-5-1-2-6-13(11)17(14(12)16)9-10-4-3-7-18-10/h10H,1-7,9,16H2/t10-/m1/s1. The van der Waals surface area contributed by atoms with Gasteiger partial charge in [0.25, 0.3) is 0 Å². The second-order valence-electron chi connectivity index (χ2n) is 5.25. The van der Waals surface area contributed by atoms with Crippen molar-refractivity contribution in [3.63, 3.8) is 0 Å². The van der Waals surface area contributed by atoms with Crippen LogP contribution in [0.5, 0.6) is 0 Å². The topological polar surface area (TPSA) is 64.0 Å². The molecule has 3 rings (SSSR count). The fourth-order valence-corrected chi connectivity index (χ4v) is 3.22. The van der Waals surface area contributed by atoms with Gasteiger partial charge in [-0.2, -0.15) is 5.26 Å². The average Bonchev–Trinajstić information content (AvgIpc) is 2.98. The highest BCUT2D eigenvalue weighted by Crippen LogP contribution is 2.32. The fraction of sp³-hybridized carbons (Fsp3) is 0.643. The first-order valence-electron chi connectivity index (χ1n) is 6.82. The molecule has 1 aliphatic carbocycles. The van der Waals surface area contributed by atoms with Gasteiger partial charge >= 0.3 is 0 Å². The summed E-state index contributed by atoms with van der Waals surface area (Å²) in [4.78, 5) is 0. The molecule has 0 bridgehead atoms. The Morgan fingerprint density at radius 2 is 2.17 bits per heavy atom. The number of fused-ring (bicyclic) bond motifs is 1. The van der Waals surface area contributed by atoms with Crippen LogP contribution in [-0.2, 0) is 24.1 Å². The summed E-state index contributed by atoms with van der Waals surface area (Å²) in [6.07, 6.45) is 6.94. The molecule has 2 heterocycles.